The monoisotopic (exact) mass is 396 g/mol. The van der Waals surface area contributed by atoms with Crippen molar-refractivity contribution in [3.8, 4) is 11.5 Å². The van der Waals surface area contributed by atoms with Gasteiger partial charge in [-0.2, -0.15) is 0 Å². The van der Waals surface area contributed by atoms with Crippen molar-refractivity contribution >= 4 is 17.6 Å². The van der Waals surface area contributed by atoms with E-state index in [0.717, 1.165) is 6.07 Å². The molecule has 0 aromatic heterocycles. The topological polar surface area (TPSA) is 98.0 Å². The summed E-state index contributed by atoms with van der Waals surface area (Å²) in [5, 5.41) is 5.20. The molecule has 0 fully saturated rings. The van der Waals surface area contributed by atoms with Crippen LogP contribution in [0.2, 0.25) is 0 Å². The Morgan fingerprint density at radius 3 is 2.64 bits per heavy atom. The molecule has 0 aliphatic carbocycles. The number of halogens is 3. The minimum absolute atomic E-state index is 0.0153. The predicted octanol–water partition coefficient (Wildman–Crippen LogP) is 2.75. The molecule has 4 N–H and O–H groups in total. The van der Waals surface area contributed by atoms with E-state index in [1.165, 1.54) is 25.3 Å². The molecule has 150 valence electrons. The second-order valence-electron chi connectivity index (χ2n) is 5.42. The van der Waals surface area contributed by atoms with Crippen LogP contribution in [0.25, 0.3) is 0 Å². The molecule has 1 amide bonds. The smallest absolute Gasteiger partial charge is 0.497 e. The SMILES string of the molecule is COc1cccc(C(=O)NCCN=C(N)Nc2ccccc2OC(F)(F)F)c1. The maximum Gasteiger partial charge on any atom is 0.573 e. The van der Waals surface area contributed by atoms with Gasteiger partial charge in [-0.1, -0.05) is 18.2 Å². The van der Waals surface area contributed by atoms with Gasteiger partial charge in [-0.05, 0) is 30.3 Å². The van der Waals surface area contributed by atoms with Gasteiger partial charge >= 0.3 is 6.36 Å². The number of para-hydroxylation sites is 2. The lowest BCUT2D eigenvalue weighted by atomic mass is 10.2. The van der Waals surface area contributed by atoms with Crippen LogP contribution in [0.1, 0.15) is 10.4 Å². The Balaban J connectivity index is 1.87. The molecule has 0 atom stereocenters. The van der Waals surface area contributed by atoms with Crippen molar-refractivity contribution in [3.63, 3.8) is 0 Å². The molecule has 0 unspecified atom stereocenters. The zero-order valence-electron chi connectivity index (χ0n) is 14.9. The summed E-state index contributed by atoms with van der Waals surface area (Å²) in [6.07, 6.45) is -4.83. The molecule has 7 nitrogen and oxygen atoms in total. The Hall–Kier alpha value is -3.43. The Morgan fingerprint density at radius 2 is 1.93 bits per heavy atom. The highest BCUT2D eigenvalue weighted by molar-refractivity contribution is 5.95. The first-order valence-corrected chi connectivity index (χ1v) is 8.12. The second kappa shape index (κ2) is 9.49. The van der Waals surface area contributed by atoms with E-state index in [1.54, 1.807) is 24.3 Å². The minimum atomic E-state index is -4.83. The third-order valence-corrected chi connectivity index (χ3v) is 3.39. The maximum atomic E-state index is 12.4. The van der Waals surface area contributed by atoms with Gasteiger partial charge in [0.1, 0.15) is 5.75 Å². The van der Waals surface area contributed by atoms with Crippen molar-refractivity contribution in [1.29, 1.82) is 0 Å². The number of nitrogens with one attached hydrogen (secondary N) is 2. The van der Waals surface area contributed by atoms with Crippen LogP contribution >= 0.6 is 0 Å². The number of nitrogens with two attached hydrogens (primary N) is 1. The van der Waals surface area contributed by atoms with Crippen molar-refractivity contribution in [1.82, 2.24) is 5.32 Å². The summed E-state index contributed by atoms with van der Waals surface area (Å²) in [6.45, 7) is 0.302. The largest absolute Gasteiger partial charge is 0.573 e. The van der Waals surface area contributed by atoms with Crippen LogP contribution < -0.4 is 25.8 Å². The van der Waals surface area contributed by atoms with E-state index in [-0.39, 0.29) is 30.6 Å². The van der Waals surface area contributed by atoms with Crippen LogP contribution in [0.4, 0.5) is 18.9 Å². The number of alkyl halides is 3. The third kappa shape index (κ3) is 6.71. The number of hydrogen-bond acceptors (Lipinski definition) is 4. The van der Waals surface area contributed by atoms with E-state index in [2.05, 4.69) is 20.4 Å². The predicted molar refractivity (Wildman–Crippen MR) is 98.6 cm³/mol. The van der Waals surface area contributed by atoms with Gasteiger partial charge in [-0.3, -0.25) is 9.79 Å². The average Bonchev–Trinajstić information content (AvgIpc) is 2.65. The Morgan fingerprint density at radius 1 is 1.18 bits per heavy atom. The highest BCUT2D eigenvalue weighted by atomic mass is 19.4. The number of rotatable bonds is 7. The molecule has 0 heterocycles. The first-order valence-electron chi connectivity index (χ1n) is 8.12. The summed E-state index contributed by atoms with van der Waals surface area (Å²) < 4.78 is 46.2. The lowest BCUT2D eigenvalue weighted by Gasteiger charge is -2.14. The van der Waals surface area contributed by atoms with Crippen LogP contribution in [-0.2, 0) is 0 Å². The minimum Gasteiger partial charge on any atom is -0.497 e. The van der Waals surface area contributed by atoms with Gasteiger partial charge in [-0.25, -0.2) is 0 Å². The fraction of sp³-hybridized carbons (Fsp3) is 0.222. The number of anilines is 1. The fourth-order valence-corrected chi connectivity index (χ4v) is 2.17. The van der Waals surface area contributed by atoms with Crippen molar-refractivity contribution in [2.24, 2.45) is 10.7 Å². The lowest BCUT2D eigenvalue weighted by molar-refractivity contribution is -0.274. The average molecular weight is 396 g/mol. The van der Waals surface area contributed by atoms with E-state index in [0.29, 0.717) is 11.3 Å². The first kappa shape index (κ1) is 20.9. The van der Waals surface area contributed by atoms with E-state index in [9.17, 15) is 18.0 Å². The molecule has 2 aromatic rings. The van der Waals surface area contributed by atoms with Crippen molar-refractivity contribution in [2.75, 3.05) is 25.5 Å². The summed E-state index contributed by atoms with van der Waals surface area (Å²) in [5.74, 6) is -0.309. The van der Waals surface area contributed by atoms with Crippen molar-refractivity contribution in [3.05, 3.63) is 54.1 Å². The summed E-state index contributed by atoms with van der Waals surface area (Å²) in [4.78, 5) is 16.0. The molecule has 0 bridgehead atoms. The number of carbonyl (C=O) groups excluding carboxylic acids is 1. The molecular weight excluding hydrogens is 377 g/mol. The lowest BCUT2D eigenvalue weighted by Crippen LogP contribution is -2.28. The molecule has 2 aromatic carbocycles. The number of ether oxygens (including phenoxy) is 2. The molecule has 0 spiro atoms. The molecule has 0 radical (unpaired) electrons. The van der Waals surface area contributed by atoms with Crippen LogP contribution in [0, 0.1) is 0 Å². The number of guanidine groups is 1. The van der Waals surface area contributed by atoms with Crippen molar-refractivity contribution < 1.29 is 27.4 Å². The molecular formula is C18H19F3N4O3. The Bertz CT molecular complexity index is 841. The fourth-order valence-electron chi connectivity index (χ4n) is 2.17. The highest BCUT2D eigenvalue weighted by Crippen LogP contribution is 2.29. The second-order valence-corrected chi connectivity index (χ2v) is 5.42. The van der Waals surface area contributed by atoms with Gasteiger partial charge in [0.25, 0.3) is 5.91 Å². The zero-order valence-corrected chi connectivity index (χ0v) is 14.9. The number of hydrogen-bond donors (Lipinski definition) is 3. The van der Waals surface area contributed by atoms with Crippen molar-refractivity contribution in [2.45, 2.75) is 6.36 Å². The maximum absolute atomic E-state index is 12.4. The summed E-state index contributed by atoms with van der Waals surface area (Å²) in [5.41, 5.74) is 6.12. The van der Waals surface area contributed by atoms with Gasteiger partial charge in [0, 0.05) is 12.1 Å². The number of nitrogens with zero attached hydrogens (tertiary/aromatic N) is 1. The van der Waals surface area contributed by atoms with Crippen LogP contribution in [0.3, 0.4) is 0 Å². The molecule has 2 rings (SSSR count). The van der Waals surface area contributed by atoms with Gasteiger partial charge in [0.15, 0.2) is 11.7 Å². The Labute approximate surface area is 159 Å². The zero-order chi connectivity index (χ0) is 20.6. The van der Waals surface area contributed by atoms with Gasteiger partial charge in [0.2, 0.25) is 0 Å². The number of benzene rings is 2. The van der Waals surface area contributed by atoms with Gasteiger partial charge in [0.05, 0.1) is 19.3 Å². The van der Waals surface area contributed by atoms with E-state index in [4.69, 9.17) is 10.5 Å². The first-order chi connectivity index (χ1) is 13.3. The van der Waals surface area contributed by atoms with Gasteiger partial charge < -0.3 is 25.8 Å². The number of aliphatic imine (C=N–C) groups is 1. The van der Waals surface area contributed by atoms with Crippen LogP contribution in [0.5, 0.6) is 11.5 Å². The number of carbonyl (C=O) groups is 1. The normalized spacial score (nSPS) is 11.6. The van der Waals surface area contributed by atoms with Gasteiger partial charge in [-0.15, -0.1) is 13.2 Å². The van der Waals surface area contributed by atoms with Crippen LogP contribution in [-0.4, -0.2) is 38.4 Å². The third-order valence-electron chi connectivity index (χ3n) is 3.39. The molecule has 0 aliphatic heterocycles. The standard InChI is InChI=1S/C18H19F3N4O3/c1-27-13-6-4-5-12(11-13)16(26)23-9-10-24-17(22)25-14-7-2-3-8-15(14)28-18(19,20)21/h2-8,11H,9-10H2,1H3,(H,23,26)(H3,22,24,25). The Kier molecular flexibility index (Phi) is 7.08. The summed E-state index contributed by atoms with van der Waals surface area (Å²) >= 11 is 0. The van der Waals surface area contributed by atoms with Crippen LogP contribution in [0.15, 0.2) is 53.5 Å². The quantitative estimate of drug-likeness (QED) is 0.380. The number of methoxy groups -OCH3 is 1. The molecule has 0 saturated heterocycles. The number of amides is 1. The van der Waals surface area contributed by atoms with E-state index < -0.39 is 12.1 Å². The van der Waals surface area contributed by atoms with E-state index >= 15 is 0 Å². The molecule has 0 aliphatic rings. The molecule has 28 heavy (non-hydrogen) atoms. The summed E-state index contributed by atoms with van der Waals surface area (Å²) in [6, 6.07) is 12.1. The van der Waals surface area contributed by atoms with E-state index in [1.807, 2.05) is 0 Å². The highest BCUT2D eigenvalue weighted by Gasteiger charge is 2.32. The molecule has 0 saturated carbocycles. The summed E-state index contributed by atoms with van der Waals surface area (Å²) in [7, 11) is 1.50. The molecule has 10 heteroatoms.